The second-order valence-electron chi connectivity index (χ2n) is 8.12. The molecular weight excluding hydrogens is 371 g/mol. The molecule has 0 amide bonds. The van der Waals surface area contributed by atoms with Crippen molar-refractivity contribution in [2.45, 2.75) is 43.9 Å². The van der Waals surface area contributed by atoms with Crippen molar-refractivity contribution in [3.63, 3.8) is 0 Å². The van der Waals surface area contributed by atoms with Crippen molar-refractivity contribution in [3.05, 3.63) is 30.9 Å². The summed E-state index contributed by atoms with van der Waals surface area (Å²) < 4.78 is 17.9. The fraction of sp³-hybridized carbons (Fsp3) is 0.524. The van der Waals surface area contributed by atoms with Gasteiger partial charge in [-0.15, -0.1) is 0 Å². The SMILES string of the molecule is FC1CCCN(C2COC2)C1.c1cc2c(NC3CC3)c(-c3cn[nH]c3)cnc2[nH]1. The molecule has 3 aromatic rings. The molecule has 29 heavy (non-hydrogen) atoms. The zero-order chi connectivity index (χ0) is 19.6. The lowest BCUT2D eigenvalue weighted by molar-refractivity contribution is -0.0780. The number of rotatable bonds is 4. The summed E-state index contributed by atoms with van der Waals surface area (Å²) in [5, 5.41) is 11.6. The molecule has 154 valence electrons. The monoisotopic (exact) mass is 398 g/mol. The highest BCUT2D eigenvalue weighted by Crippen LogP contribution is 2.36. The Labute approximate surface area is 169 Å². The zero-order valence-electron chi connectivity index (χ0n) is 16.4. The van der Waals surface area contributed by atoms with E-state index in [-0.39, 0.29) is 0 Å². The molecule has 3 aliphatic rings. The van der Waals surface area contributed by atoms with E-state index >= 15 is 0 Å². The maximum atomic E-state index is 12.9. The number of aromatic nitrogens is 4. The maximum Gasteiger partial charge on any atom is 0.139 e. The van der Waals surface area contributed by atoms with E-state index in [2.05, 4.69) is 36.4 Å². The number of alkyl halides is 1. The Morgan fingerprint density at radius 3 is 2.79 bits per heavy atom. The lowest BCUT2D eigenvalue weighted by Crippen LogP contribution is -2.52. The quantitative estimate of drug-likeness (QED) is 0.628. The number of ether oxygens (including phenoxy) is 1. The number of pyridine rings is 1. The fourth-order valence-corrected chi connectivity index (χ4v) is 3.93. The summed E-state index contributed by atoms with van der Waals surface area (Å²) in [7, 11) is 0. The first-order valence-electron chi connectivity index (χ1n) is 10.5. The molecule has 5 heterocycles. The van der Waals surface area contributed by atoms with Crippen molar-refractivity contribution >= 4 is 16.7 Å². The van der Waals surface area contributed by atoms with Crippen LogP contribution in [0.3, 0.4) is 0 Å². The van der Waals surface area contributed by atoms with Gasteiger partial charge in [-0.05, 0) is 38.3 Å². The number of likely N-dealkylation sites (tertiary alicyclic amines) is 1. The third-order valence-electron chi connectivity index (χ3n) is 5.85. The molecule has 6 rings (SSSR count). The molecule has 3 aromatic heterocycles. The van der Waals surface area contributed by atoms with Gasteiger partial charge in [0.15, 0.2) is 0 Å². The van der Waals surface area contributed by atoms with E-state index in [0.29, 0.717) is 18.6 Å². The largest absolute Gasteiger partial charge is 0.381 e. The van der Waals surface area contributed by atoms with Crippen LogP contribution in [0.5, 0.6) is 0 Å². The van der Waals surface area contributed by atoms with E-state index in [4.69, 9.17) is 4.74 Å². The van der Waals surface area contributed by atoms with E-state index in [9.17, 15) is 4.39 Å². The number of hydrogen-bond donors (Lipinski definition) is 3. The van der Waals surface area contributed by atoms with E-state index in [1.807, 2.05) is 24.8 Å². The number of nitrogens with one attached hydrogen (secondary N) is 3. The van der Waals surface area contributed by atoms with Crippen LogP contribution in [0.1, 0.15) is 25.7 Å². The van der Waals surface area contributed by atoms with Gasteiger partial charge in [-0.2, -0.15) is 5.10 Å². The maximum absolute atomic E-state index is 12.9. The molecule has 0 radical (unpaired) electrons. The third kappa shape index (κ3) is 4.13. The number of halogens is 1. The van der Waals surface area contributed by atoms with Gasteiger partial charge in [0.2, 0.25) is 0 Å². The molecule has 1 aliphatic carbocycles. The van der Waals surface area contributed by atoms with Gasteiger partial charge in [-0.3, -0.25) is 10.00 Å². The van der Waals surface area contributed by atoms with Crippen molar-refractivity contribution in [3.8, 4) is 11.1 Å². The Morgan fingerprint density at radius 1 is 1.21 bits per heavy atom. The molecule has 1 saturated carbocycles. The molecule has 2 saturated heterocycles. The lowest BCUT2D eigenvalue weighted by Gasteiger charge is -2.40. The summed E-state index contributed by atoms with van der Waals surface area (Å²) in [6.45, 7) is 3.32. The number of hydrogen-bond acceptors (Lipinski definition) is 5. The number of anilines is 1. The number of nitrogens with zero attached hydrogens (tertiary/aromatic N) is 3. The first-order chi connectivity index (χ1) is 14.3. The molecule has 8 heteroatoms. The van der Waals surface area contributed by atoms with Crippen LogP contribution in [0.4, 0.5) is 10.1 Å². The van der Waals surface area contributed by atoms with Crippen molar-refractivity contribution in [2.24, 2.45) is 0 Å². The van der Waals surface area contributed by atoms with Gasteiger partial charge >= 0.3 is 0 Å². The number of fused-ring (bicyclic) bond motifs is 1. The molecule has 0 bridgehead atoms. The number of aromatic amines is 2. The summed E-state index contributed by atoms with van der Waals surface area (Å²) in [5.74, 6) is 0. The van der Waals surface area contributed by atoms with Crippen LogP contribution in [0.2, 0.25) is 0 Å². The zero-order valence-corrected chi connectivity index (χ0v) is 16.4. The number of piperidine rings is 1. The summed E-state index contributed by atoms with van der Waals surface area (Å²) >= 11 is 0. The van der Waals surface area contributed by atoms with Crippen LogP contribution in [-0.4, -0.2) is 69.6 Å². The lowest BCUT2D eigenvalue weighted by atomic mass is 10.1. The Kier molecular flexibility index (Phi) is 5.20. The third-order valence-corrected chi connectivity index (χ3v) is 5.85. The van der Waals surface area contributed by atoms with Crippen molar-refractivity contribution in [1.29, 1.82) is 0 Å². The molecule has 0 aromatic carbocycles. The molecule has 2 aliphatic heterocycles. The Morgan fingerprint density at radius 2 is 2.10 bits per heavy atom. The van der Waals surface area contributed by atoms with Crippen LogP contribution in [-0.2, 0) is 4.74 Å². The van der Waals surface area contributed by atoms with Crippen LogP contribution >= 0.6 is 0 Å². The van der Waals surface area contributed by atoms with Crippen LogP contribution < -0.4 is 5.32 Å². The topological polar surface area (TPSA) is 81.9 Å². The fourth-order valence-electron chi connectivity index (χ4n) is 3.93. The standard InChI is InChI=1S/C13H13N5.C8H14FNO/c1-2-9(1)18-12-10-3-4-14-13(10)15-7-11(12)8-5-16-17-6-8;9-7-2-1-3-10(4-7)8-5-11-6-8/h3-7,9H,1-2H2,(H,16,17)(H2,14,15,18);7-8H,1-6H2. The van der Waals surface area contributed by atoms with Crippen LogP contribution in [0.25, 0.3) is 22.2 Å². The predicted octanol–water partition coefficient (Wildman–Crippen LogP) is 3.35. The average molecular weight is 398 g/mol. The minimum absolute atomic E-state index is 0.522. The van der Waals surface area contributed by atoms with E-state index in [1.165, 1.54) is 12.8 Å². The first-order valence-corrected chi connectivity index (χ1v) is 10.5. The Balaban J connectivity index is 0.000000142. The van der Waals surface area contributed by atoms with Crippen molar-refractivity contribution in [1.82, 2.24) is 25.1 Å². The van der Waals surface area contributed by atoms with Gasteiger partial charge in [-0.25, -0.2) is 9.37 Å². The molecule has 1 atom stereocenters. The first kappa shape index (κ1) is 18.6. The van der Waals surface area contributed by atoms with Gasteiger partial charge in [-0.1, -0.05) is 0 Å². The van der Waals surface area contributed by atoms with E-state index in [1.54, 1.807) is 0 Å². The predicted molar refractivity (Wildman–Crippen MR) is 111 cm³/mol. The van der Waals surface area contributed by atoms with Gasteiger partial charge < -0.3 is 15.0 Å². The van der Waals surface area contributed by atoms with Gasteiger partial charge in [0.25, 0.3) is 0 Å². The highest BCUT2D eigenvalue weighted by molar-refractivity contribution is 5.98. The van der Waals surface area contributed by atoms with Crippen LogP contribution in [0.15, 0.2) is 30.9 Å². The minimum atomic E-state index is -0.593. The van der Waals surface area contributed by atoms with E-state index < -0.39 is 6.17 Å². The molecule has 1 unspecified atom stereocenters. The summed E-state index contributed by atoms with van der Waals surface area (Å²) in [4.78, 5) is 9.82. The molecule has 7 nitrogen and oxygen atoms in total. The van der Waals surface area contributed by atoms with Crippen LogP contribution in [0, 0.1) is 0 Å². The second-order valence-corrected chi connectivity index (χ2v) is 8.12. The van der Waals surface area contributed by atoms with Gasteiger partial charge in [0, 0.05) is 47.7 Å². The van der Waals surface area contributed by atoms with Gasteiger partial charge in [0.05, 0.1) is 31.1 Å². The summed E-state index contributed by atoms with van der Waals surface area (Å²) in [6, 6.07) is 3.20. The summed E-state index contributed by atoms with van der Waals surface area (Å²) in [6.07, 6.45) is 11.2. The highest BCUT2D eigenvalue weighted by Gasteiger charge is 2.30. The smallest absolute Gasteiger partial charge is 0.139 e. The average Bonchev–Trinajstić information content (AvgIpc) is 3.15. The molecule has 0 spiro atoms. The summed E-state index contributed by atoms with van der Waals surface area (Å²) in [5.41, 5.74) is 4.24. The Bertz CT molecular complexity index is 934. The minimum Gasteiger partial charge on any atom is -0.381 e. The Hall–Kier alpha value is -2.45. The second kappa shape index (κ2) is 8.12. The normalized spacial score (nSPS) is 22.7. The van der Waals surface area contributed by atoms with E-state index in [0.717, 1.165) is 60.4 Å². The van der Waals surface area contributed by atoms with Crippen molar-refractivity contribution in [2.75, 3.05) is 31.6 Å². The highest BCUT2D eigenvalue weighted by atomic mass is 19.1. The van der Waals surface area contributed by atoms with Gasteiger partial charge in [0.1, 0.15) is 11.8 Å². The van der Waals surface area contributed by atoms with Crippen molar-refractivity contribution < 1.29 is 9.13 Å². The molecular formula is C21H27FN6O. The number of H-pyrrole nitrogens is 2. The molecule has 3 N–H and O–H groups in total. The molecule has 3 fully saturated rings.